The fourth-order valence-electron chi connectivity index (χ4n) is 1.46. The Bertz CT molecular complexity index is 189. The van der Waals surface area contributed by atoms with Crippen LogP contribution in [0.4, 0.5) is 0 Å². The second-order valence-electron chi connectivity index (χ2n) is 5.17. The first kappa shape index (κ1) is 12.6. The first-order valence-electron chi connectivity index (χ1n) is 4.97. The topological polar surface area (TPSA) is 43.1 Å². The summed E-state index contributed by atoms with van der Waals surface area (Å²) in [5, 5.41) is 0. The van der Waals surface area contributed by atoms with Gasteiger partial charge < -0.3 is 5.73 Å². The maximum atomic E-state index is 12.0. The van der Waals surface area contributed by atoms with Crippen LogP contribution in [-0.4, -0.2) is 11.3 Å². The molecule has 2 heteroatoms. The number of nitrogens with two attached hydrogens (primary N) is 1. The zero-order valence-electron chi connectivity index (χ0n) is 9.77. The highest BCUT2D eigenvalue weighted by Crippen LogP contribution is 2.27. The summed E-state index contributed by atoms with van der Waals surface area (Å²) in [4.78, 5) is 12.0. The van der Waals surface area contributed by atoms with Gasteiger partial charge in [0.15, 0.2) is 5.78 Å². The van der Waals surface area contributed by atoms with Gasteiger partial charge in [-0.1, -0.05) is 41.0 Å². The first-order valence-corrected chi connectivity index (χ1v) is 4.97. The molecule has 0 aromatic rings. The fourth-order valence-corrected chi connectivity index (χ4v) is 1.46. The number of hydrogen-bond acceptors (Lipinski definition) is 2. The van der Waals surface area contributed by atoms with Gasteiger partial charge >= 0.3 is 0 Å². The molecule has 0 aromatic heterocycles. The van der Waals surface area contributed by atoms with Gasteiger partial charge in [0.25, 0.3) is 0 Å². The van der Waals surface area contributed by atoms with E-state index < -0.39 is 5.54 Å². The van der Waals surface area contributed by atoms with Crippen LogP contribution < -0.4 is 5.73 Å². The normalized spacial score (nSPS) is 19.3. The van der Waals surface area contributed by atoms with Crippen LogP contribution >= 0.6 is 0 Å². The summed E-state index contributed by atoms with van der Waals surface area (Å²) in [5.74, 6) is 0.383. The van der Waals surface area contributed by atoms with E-state index in [9.17, 15) is 4.79 Å². The van der Waals surface area contributed by atoms with Crippen LogP contribution in [0.1, 0.15) is 48.0 Å². The van der Waals surface area contributed by atoms with Crippen molar-refractivity contribution < 1.29 is 4.79 Å². The lowest BCUT2D eigenvalue weighted by Gasteiger charge is -2.35. The molecule has 2 atom stereocenters. The van der Waals surface area contributed by atoms with E-state index in [0.29, 0.717) is 0 Å². The highest BCUT2D eigenvalue weighted by Gasteiger charge is 2.39. The zero-order valence-corrected chi connectivity index (χ0v) is 9.77. The second kappa shape index (κ2) is 3.79. The number of carbonyl (C=O) groups excluding carboxylic acids is 1. The molecule has 0 aromatic carbocycles. The lowest BCUT2D eigenvalue weighted by molar-refractivity contribution is -0.133. The summed E-state index contributed by atoms with van der Waals surface area (Å²) >= 11 is 0. The molecule has 0 radical (unpaired) electrons. The van der Waals surface area contributed by atoms with E-state index in [1.54, 1.807) is 0 Å². The van der Waals surface area contributed by atoms with Crippen molar-refractivity contribution in [2.45, 2.75) is 53.5 Å². The average Bonchev–Trinajstić information content (AvgIpc) is 1.99. The van der Waals surface area contributed by atoms with Gasteiger partial charge in [0, 0.05) is 5.41 Å². The highest BCUT2D eigenvalue weighted by atomic mass is 16.1. The van der Waals surface area contributed by atoms with E-state index in [1.165, 1.54) is 0 Å². The Hall–Kier alpha value is -0.370. The first-order chi connectivity index (χ1) is 5.64. The standard InChI is InChI=1S/C11H23NO/c1-7-8(2)11(6,12)9(13)10(3,4)5/h8H,7,12H2,1-6H3/t8?,11-/m0/s1. The van der Waals surface area contributed by atoms with Crippen LogP contribution in [0.5, 0.6) is 0 Å². The van der Waals surface area contributed by atoms with Crippen LogP contribution in [0, 0.1) is 11.3 Å². The third kappa shape index (κ3) is 2.80. The average molecular weight is 185 g/mol. The Morgan fingerprint density at radius 1 is 1.31 bits per heavy atom. The van der Waals surface area contributed by atoms with Crippen LogP contribution in [-0.2, 0) is 4.79 Å². The molecule has 0 saturated carbocycles. The van der Waals surface area contributed by atoms with Crippen molar-refractivity contribution in [1.82, 2.24) is 0 Å². The SMILES string of the molecule is CCC(C)[C@](C)(N)C(=O)C(C)(C)C. The molecule has 2 nitrogen and oxygen atoms in total. The molecule has 0 bridgehead atoms. The number of Topliss-reactive ketones (excluding diaryl/α,β-unsaturated/α-hetero) is 1. The molecule has 0 saturated heterocycles. The Labute approximate surface area is 81.9 Å². The van der Waals surface area contributed by atoms with Crippen molar-refractivity contribution in [2.75, 3.05) is 0 Å². The third-order valence-corrected chi connectivity index (χ3v) is 2.81. The van der Waals surface area contributed by atoms with E-state index in [2.05, 4.69) is 6.92 Å². The molecule has 78 valence electrons. The van der Waals surface area contributed by atoms with Gasteiger partial charge in [-0.05, 0) is 12.8 Å². The minimum atomic E-state index is -0.688. The van der Waals surface area contributed by atoms with Crippen molar-refractivity contribution in [3.05, 3.63) is 0 Å². The van der Waals surface area contributed by atoms with E-state index in [1.807, 2.05) is 34.6 Å². The maximum absolute atomic E-state index is 12.0. The molecule has 0 heterocycles. The summed E-state index contributed by atoms with van der Waals surface area (Å²) in [5.41, 5.74) is 5.02. The van der Waals surface area contributed by atoms with E-state index in [-0.39, 0.29) is 17.1 Å². The molecule has 1 unspecified atom stereocenters. The van der Waals surface area contributed by atoms with Gasteiger partial charge in [0.2, 0.25) is 0 Å². The number of rotatable bonds is 3. The molecular weight excluding hydrogens is 162 g/mol. The lowest BCUT2D eigenvalue weighted by Crippen LogP contribution is -2.54. The van der Waals surface area contributed by atoms with Crippen LogP contribution in [0.15, 0.2) is 0 Å². The molecule has 0 aliphatic carbocycles. The Morgan fingerprint density at radius 2 is 1.69 bits per heavy atom. The van der Waals surface area contributed by atoms with Gasteiger partial charge in [-0.15, -0.1) is 0 Å². The van der Waals surface area contributed by atoms with Crippen molar-refractivity contribution in [3.63, 3.8) is 0 Å². The number of carbonyl (C=O) groups is 1. The Balaban J connectivity index is 4.74. The molecule has 0 fully saturated rings. The lowest BCUT2D eigenvalue weighted by atomic mass is 9.73. The molecular formula is C11H23NO. The van der Waals surface area contributed by atoms with Crippen LogP contribution in [0.3, 0.4) is 0 Å². The van der Waals surface area contributed by atoms with Gasteiger partial charge in [-0.3, -0.25) is 4.79 Å². The number of ketones is 1. The monoisotopic (exact) mass is 185 g/mol. The van der Waals surface area contributed by atoms with Crippen molar-refractivity contribution in [1.29, 1.82) is 0 Å². The molecule has 0 rings (SSSR count). The van der Waals surface area contributed by atoms with Crippen molar-refractivity contribution in [2.24, 2.45) is 17.1 Å². The van der Waals surface area contributed by atoms with Crippen LogP contribution in [0.25, 0.3) is 0 Å². The predicted octanol–water partition coefficient (Wildman–Crippen LogP) is 2.37. The molecule has 13 heavy (non-hydrogen) atoms. The summed E-state index contributed by atoms with van der Waals surface area (Å²) in [6.45, 7) is 11.7. The summed E-state index contributed by atoms with van der Waals surface area (Å²) in [6, 6.07) is 0. The minimum Gasteiger partial charge on any atom is -0.319 e. The summed E-state index contributed by atoms with van der Waals surface area (Å²) in [6.07, 6.45) is 0.939. The minimum absolute atomic E-state index is 0.148. The largest absolute Gasteiger partial charge is 0.319 e. The van der Waals surface area contributed by atoms with Crippen molar-refractivity contribution in [3.8, 4) is 0 Å². The van der Waals surface area contributed by atoms with Gasteiger partial charge in [0.1, 0.15) is 0 Å². The van der Waals surface area contributed by atoms with E-state index in [4.69, 9.17) is 5.73 Å². The van der Waals surface area contributed by atoms with Gasteiger partial charge in [-0.2, -0.15) is 0 Å². The Morgan fingerprint density at radius 3 is 1.92 bits per heavy atom. The predicted molar refractivity (Wildman–Crippen MR) is 56.5 cm³/mol. The molecule has 0 amide bonds. The van der Waals surface area contributed by atoms with Gasteiger partial charge in [-0.25, -0.2) is 0 Å². The molecule has 0 aliphatic rings. The third-order valence-electron chi connectivity index (χ3n) is 2.81. The highest BCUT2D eigenvalue weighted by molar-refractivity contribution is 5.92. The smallest absolute Gasteiger partial charge is 0.157 e. The molecule has 2 N–H and O–H groups in total. The zero-order chi connectivity index (χ0) is 10.9. The second-order valence-corrected chi connectivity index (χ2v) is 5.17. The Kier molecular flexibility index (Phi) is 3.68. The number of hydrogen-bond donors (Lipinski definition) is 1. The quantitative estimate of drug-likeness (QED) is 0.733. The maximum Gasteiger partial charge on any atom is 0.157 e. The summed E-state index contributed by atoms with van der Waals surface area (Å²) < 4.78 is 0. The van der Waals surface area contributed by atoms with Crippen LogP contribution in [0.2, 0.25) is 0 Å². The van der Waals surface area contributed by atoms with Gasteiger partial charge in [0.05, 0.1) is 5.54 Å². The summed E-state index contributed by atoms with van der Waals surface area (Å²) in [7, 11) is 0. The molecule has 0 spiro atoms. The van der Waals surface area contributed by atoms with Crippen molar-refractivity contribution >= 4 is 5.78 Å². The molecule has 0 aliphatic heterocycles. The van der Waals surface area contributed by atoms with E-state index >= 15 is 0 Å². The van der Waals surface area contributed by atoms with E-state index in [0.717, 1.165) is 6.42 Å². The fraction of sp³-hybridized carbons (Fsp3) is 0.909.